The smallest absolute Gasteiger partial charge is 0.335 e. The highest BCUT2D eigenvalue weighted by atomic mass is 16.8. The molecular formula is C12H21NO6. The van der Waals surface area contributed by atoms with Gasteiger partial charge in [0, 0.05) is 6.54 Å². The van der Waals surface area contributed by atoms with Gasteiger partial charge in [-0.15, -0.1) is 0 Å². The van der Waals surface area contributed by atoms with Gasteiger partial charge in [-0.1, -0.05) is 0 Å². The van der Waals surface area contributed by atoms with Gasteiger partial charge in [0.2, 0.25) is 0 Å². The Hall–Kier alpha value is -0.730. The minimum absolute atomic E-state index is 0.223. The van der Waals surface area contributed by atoms with Crippen LogP contribution < -0.4 is 5.73 Å². The van der Waals surface area contributed by atoms with E-state index in [4.69, 9.17) is 24.7 Å². The number of rotatable bonds is 3. The number of hydrogen-bond donors (Lipinski definition) is 2. The van der Waals surface area contributed by atoms with Crippen molar-refractivity contribution in [3.05, 3.63) is 0 Å². The second kappa shape index (κ2) is 4.68. The average molecular weight is 275 g/mol. The largest absolute Gasteiger partial charge is 0.479 e. The Morgan fingerprint density at radius 1 is 1.05 bits per heavy atom. The van der Waals surface area contributed by atoms with Crippen molar-refractivity contribution in [2.45, 2.75) is 63.7 Å². The Morgan fingerprint density at radius 2 is 1.58 bits per heavy atom. The first-order chi connectivity index (χ1) is 8.65. The molecule has 110 valence electrons. The molecule has 2 heterocycles. The van der Waals surface area contributed by atoms with Gasteiger partial charge in [-0.05, 0) is 27.7 Å². The van der Waals surface area contributed by atoms with Crippen LogP contribution in [0.3, 0.4) is 0 Å². The Labute approximate surface area is 111 Å². The third kappa shape index (κ3) is 2.90. The molecule has 2 unspecified atom stereocenters. The van der Waals surface area contributed by atoms with E-state index in [0.29, 0.717) is 0 Å². The molecule has 7 nitrogen and oxygen atoms in total. The number of ether oxygens (including phenoxy) is 4. The number of carboxylic acid groups (broad SMARTS) is 1. The van der Waals surface area contributed by atoms with Crippen LogP contribution in [-0.2, 0) is 23.7 Å². The molecule has 4 atom stereocenters. The van der Waals surface area contributed by atoms with Gasteiger partial charge in [-0.25, -0.2) is 4.79 Å². The van der Waals surface area contributed by atoms with Crippen molar-refractivity contribution in [2.75, 3.05) is 6.54 Å². The van der Waals surface area contributed by atoms with Crippen LogP contribution in [0.25, 0.3) is 0 Å². The number of hydrogen-bond acceptors (Lipinski definition) is 6. The van der Waals surface area contributed by atoms with E-state index >= 15 is 0 Å². The maximum absolute atomic E-state index is 11.3. The molecule has 2 rings (SSSR count). The first kappa shape index (κ1) is 14.7. The summed E-state index contributed by atoms with van der Waals surface area (Å²) in [6.45, 7) is 7.07. The molecule has 2 aliphatic heterocycles. The summed E-state index contributed by atoms with van der Waals surface area (Å²) in [6.07, 6.45) is -2.82. The molecule has 0 spiro atoms. The zero-order valence-corrected chi connectivity index (χ0v) is 11.6. The second-order valence-corrected chi connectivity index (χ2v) is 5.73. The highest BCUT2D eigenvalue weighted by molar-refractivity contribution is 5.73. The maximum atomic E-state index is 11.3. The lowest BCUT2D eigenvalue weighted by atomic mass is 10.0. The lowest BCUT2D eigenvalue weighted by Crippen LogP contribution is -2.47. The van der Waals surface area contributed by atoms with Crippen molar-refractivity contribution < 1.29 is 28.8 Å². The normalized spacial score (nSPS) is 40.5. The Kier molecular flexibility index (Phi) is 3.61. The third-order valence-corrected chi connectivity index (χ3v) is 3.15. The molecule has 7 heteroatoms. The zero-order chi connectivity index (χ0) is 14.4. The third-order valence-electron chi connectivity index (χ3n) is 3.15. The fourth-order valence-corrected chi connectivity index (χ4v) is 2.54. The molecule has 2 fully saturated rings. The van der Waals surface area contributed by atoms with E-state index in [0.717, 1.165) is 0 Å². The van der Waals surface area contributed by atoms with Crippen LogP contribution >= 0.6 is 0 Å². The number of aliphatic carboxylic acids is 1. The Morgan fingerprint density at radius 3 is 2.11 bits per heavy atom. The molecule has 3 N–H and O–H groups in total. The van der Waals surface area contributed by atoms with Crippen molar-refractivity contribution in [3.63, 3.8) is 0 Å². The van der Waals surface area contributed by atoms with Crippen molar-refractivity contribution in [3.8, 4) is 0 Å². The summed E-state index contributed by atoms with van der Waals surface area (Å²) >= 11 is 0. The predicted molar refractivity (Wildman–Crippen MR) is 64.3 cm³/mol. The van der Waals surface area contributed by atoms with Gasteiger partial charge in [-0.2, -0.15) is 0 Å². The van der Waals surface area contributed by atoms with Gasteiger partial charge in [0.15, 0.2) is 17.7 Å². The SMILES string of the molecule is CC1(C)OC(C(=O)O)[C@H]([C@H]2OC(C)(C)OC2CN)O1. The van der Waals surface area contributed by atoms with E-state index in [1.54, 1.807) is 27.7 Å². The Balaban J connectivity index is 2.22. The molecule has 0 amide bonds. The van der Waals surface area contributed by atoms with Gasteiger partial charge >= 0.3 is 5.97 Å². The molecule has 2 aliphatic rings. The van der Waals surface area contributed by atoms with Crippen LogP contribution in [0.1, 0.15) is 27.7 Å². The topological polar surface area (TPSA) is 100 Å². The van der Waals surface area contributed by atoms with Crippen molar-refractivity contribution >= 4 is 5.97 Å². The minimum atomic E-state index is -1.09. The first-order valence-electron chi connectivity index (χ1n) is 6.29. The molecular weight excluding hydrogens is 254 g/mol. The molecule has 19 heavy (non-hydrogen) atoms. The van der Waals surface area contributed by atoms with Crippen LogP contribution in [0.2, 0.25) is 0 Å². The molecule has 0 aromatic heterocycles. The lowest BCUT2D eigenvalue weighted by Gasteiger charge is -2.24. The molecule has 0 aliphatic carbocycles. The predicted octanol–water partition coefficient (Wildman–Crippen LogP) is 0.0699. The zero-order valence-electron chi connectivity index (χ0n) is 11.6. The van der Waals surface area contributed by atoms with Crippen molar-refractivity contribution in [2.24, 2.45) is 5.73 Å². The number of carboxylic acids is 1. The van der Waals surface area contributed by atoms with E-state index in [2.05, 4.69) is 0 Å². The summed E-state index contributed by atoms with van der Waals surface area (Å²) in [6, 6.07) is 0. The van der Waals surface area contributed by atoms with Gasteiger partial charge in [0.25, 0.3) is 0 Å². The summed E-state index contributed by atoms with van der Waals surface area (Å²) in [5, 5.41) is 9.23. The lowest BCUT2D eigenvalue weighted by molar-refractivity contribution is -0.175. The molecule has 0 bridgehead atoms. The van der Waals surface area contributed by atoms with Gasteiger partial charge in [-0.3, -0.25) is 0 Å². The van der Waals surface area contributed by atoms with Crippen molar-refractivity contribution in [1.82, 2.24) is 0 Å². The molecule has 2 saturated heterocycles. The van der Waals surface area contributed by atoms with E-state index in [1.165, 1.54) is 0 Å². The van der Waals surface area contributed by atoms with Crippen LogP contribution in [0.4, 0.5) is 0 Å². The van der Waals surface area contributed by atoms with Crippen LogP contribution in [0.15, 0.2) is 0 Å². The minimum Gasteiger partial charge on any atom is -0.479 e. The summed E-state index contributed by atoms with van der Waals surface area (Å²) in [5.74, 6) is -2.86. The van der Waals surface area contributed by atoms with Crippen LogP contribution in [0.5, 0.6) is 0 Å². The molecule has 0 radical (unpaired) electrons. The van der Waals surface area contributed by atoms with Crippen LogP contribution in [-0.4, -0.2) is 53.6 Å². The second-order valence-electron chi connectivity index (χ2n) is 5.73. The highest BCUT2D eigenvalue weighted by Crippen LogP contribution is 2.38. The van der Waals surface area contributed by atoms with Crippen LogP contribution in [0, 0.1) is 0 Å². The summed E-state index contributed by atoms with van der Waals surface area (Å²) < 4.78 is 22.4. The number of carbonyl (C=O) groups is 1. The standard InChI is InChI=1S/C12H21NO6/c1-11(2)16-6(5-13)7(17-11)8-9(10(14)15)19-12(3,4)18-8/h6-9H,5,13H2,1-4H3,(H,14,15)/t6?,7-,8-,9?/m0/s1. The maximum Gasteiger partial charge on any atom is 0.335 e. The highest BCUT2D eigenvalue weighted by Gasteiger charge is 2.55. The van der Waals surface area contributed by atoms with E-state index in [-0.39, 0.29) is 6.54 Å². The van der Waals surface area contributed by atoms with Gasteiger partial charge < -0.3 is 29.8 Å². The van der Waals surface area contributed by atoms with E-state index < -0.39 is 42.0 Å². The first-order valence-corrected chi connectivity index (χ1v) is 6.29. The summed E-state index contributed by atoms with van der Waals surface area (Å²) in [4.78, 5) is 11.3. The summed E-state index contributed by atoms with van der Waals surface area (Å²) in [7, 11) is 0. The van der Waals surface area contributed by atoms with Crippen molar-refractivity contribution in [1.29, 1.82) is 0 Å². The van der Waals surface area contributed by atoms with Gasteiger partial charge in [0.1, 0.15) is 18.3 Å². The fraction of sp³-hybridized carbons (Fsp3) is 0.917. The molecule has 0 aromatic carbocycles. The Bertz CT molecular complexity index is 369. The fourth-order valence-electron chi connectivity index (χ4n) is 2.54. The number of nitrogens with two attached hydrogens (primary N) is 1. The monoisotopic (exact) mass is 275 g/mol. The molecule has 0 aromatic rings. The van der Waals surface area contributed by atoms with E-state index in [9.17, 15) is 9.90 Å². The van der Waals surface area contributed by atoms with E-state index in [1.807, 2.05) is 0 Å². The molecule has 0 saturated carbocycles. The average Bonchev–Trinajstić information content (AvgIpc) is 2.74. The van der Waals surface area contributed by atoms with Gasteiger partial charge in [0.05, 0.1) is 0 Å². The summed E-state index contributed by atoms with van der Waals surface area (Å²) in [5.41, 5.74) is 5.65. The quantitative estimate of drug-likeness (QED) is 0.751.